The maximum absolute atomic E-state index is 12.8. The Morgan fingerprint density at radius 2 is 2.00 bits per heavy atom. The molecule has 1 aromatic carbocycles. The monoisotopic (exact) mass is 294 g/mol. The van der Waals surface area contributed by atoms with Crippen LogP contribution >= 0.6 is 11.3 Å². The minimum absolute atomic E-state index is 0.294. The number of aliphatic hydroxyl groups excluding tert-OH is 1. The van der Waals surface area contributed by atoms with Gasteiger partial charge < -0.3 is 10.4 Å². The van der Waals surface area contributed by atoms with Crippen molar-refractivity contribution in [3.8, 4) is 0 Å². The highest BCUT2D eigenvalue weighted by molar-refractivity contribution is 7.09. The molecule has 0 aliphatic rings. The molecule has 0 saturated heterocycles. The van der Waals surface area contributed by atoms with Gasteiger partial charge in [-0.3, -0.25) is 0 Å². The van der Waals surface area contributed by atoms with Gasteiger partial charge in [0.25, 0.3) is 0 Å². The molecule has 5 heteroatoms. The summed E-state index contributed by atoms with van der Waals surface area (Å²) in [6.07, 6.45) is -0.640. The van der Waals surface area contributed by atoms with E-state index in [1.165, 1.54) is 12.1 Å². The van der Waals surface area contributed by atoms with Crippen LogP contribution < -0.4 is 5.32 Å². The summed E-state index contributed by atoms with van der Waals surface area (Å²) in [6.45, 7) is 5.28. The molecule has 1 unspecified atom stereocenters. The lowest BCUT2D eigenvalue weighted by Gasteiger charge is -2.11. The highest BCUT2D eigenvalue weighted by Gasteiger charge is 2.09. The lowest BCUT2D eigenvalue weighted by atomic mass is 10.1. The molecular formula is C15H19FN2OS. The molecule has 2 N–H and O–H groups in total. The Kier molecular flexibility index (Phi) is 5.23. The fourth-order valence-electron chi connectivity index (χ4n) is 1.81. The number of nitrogens with zero attached hydrogens (tertiary/aromatic N) is 1. The van der Waals surface area contributed by atoms with Gasteiger partial charge in [0.2, 0.25) is 0 Å². The predicted molar refractivity (Wildman–Crippen MR) is 79.3 cm³/mol. The summed E-state index contributed by atoms with van der Waals surface area (Å²) in [6, 6.07) is 5.91. The van der Waals surface area contributed by atoms with Gasteiger partial charge in [0, 0.05) is 24.4 Å². The smallest absolute Gasteiger partial charge is 0.123 e. The zero-order chi connectivity index (χ0) is 14.5. The van der Waals surface area contributed by atoms with Gasteiger partial charge in [0.1, 0.15) is 5.82 Å². The first-order valence-corrected chi connectivity index (χ1v) is 7.52. The van der Waals surface area contributed by atoms with E-state index in [0.29, 0.717) is 24.6 Å². The van der Waals surface area contributed by atoms with Crippen molar-refractivity contribution in [1.82, 2.24) is 10.3 Å². The average Bonchev–Trinajstić information content (AvgIpc) is 2.88. The van der Waals surface area contributed by atoms with Crippen LogP contribution in [0.1, 0.15) is 42.1 Å². The Morgan fingerprint density at radius 1 is 1.30 bits per heavy atom. The van der Waals surface area contributed by atoms with Crippen LogP contribution in [0.15, 0.2) is 29.6 Å². The highest BCUT2D eigenvalue weighted by Crippen LogP contribution is 2.19. The molecule has 0 spiro atoms. The second kappa shape index (κ2) is 6.92. The van der Waals surface area contributed by atoms with Gasteiger partial charge in [-0.15, -0.1) is 11.3 Å². The first-order chi connectivity index (χ1) is 9.56. The largest absolute Gasteiger partial charge is 0.387 e. The molecule has 3 nitrogen and oxygen atoms in total. The quantitative estimate of drug-likeness (QED) is 0.860. The third kappa shape index (κ3) is 4.10. The first kappa shape index (κ1) is 15.1. The van der Waals surface area contributed by atoms with Gasteiger partial charge in [0.05, 0.1) is 16.8 Å². The molecule has 2 rings (SSSR count). The van der Waals surface area contributed by atoms with Crippen LogP contribution in [0.5, 0.6) is 0 Å². The number of aromatic nitrogens is 1. The predicted octanol–water partition coefficient (Wildman–Crippen LogP) is 3.23. The lowest BCUT2D eigenvalue weighted by molar-refractivity contribution is 0.174. The van der Waals surface area contributed by atoms with E-state index in [1.807, 2.05) is 5.38 Å². The molecule has 0 amide bonds. The van der Waals surface area contributed by atoms with Gasteiger partial charge in [-0.05, 0) is 17.7 Å². The molecule has 0 aliphatic heterocycles. The molecule has 20 heavy (non-hydrogen) atoms. The fourth-order valence-corrected chi connectivity index (χ4v) is 2.64. The molecule has 0 radical (unpaired) electrons. The van der Waals surface area contributed by atoms with Crippen LogP contribution in [0, 0.1) is 5.82 Å². The molecule has 0 saturated carbocycles. The number of aliphatic hydroxyl groups is 1. The minimum Gasteiger partial charge on any atom is -0.387 e. The molecule has 0 aliphatic carbocycles. The summed E-state index contributed by atoms with van der Waals surface area (Å²) < 4.78 is 12.8. The van der Waals surface area contributed by atoms with E-state index in [0.717, 1.165) is 10.7 Å². The Morgan fingerprint density at radius 3 is 2.60 bits per heavy atom. The molecule has 1 aromatic heterocycles. The van der Waals surface area contributed by atoms with Crippen molar-refractivity contribution in [2.75, 3.05) is 6.54 Å². The van der Waals surface area contributed by atoms with Crippen molar-refractivity contribution in [2.24, 2.45) is 0 Å². The Hall–Kier alpha value is -1.30. The second-order valence-corrected chi connectivity index (χ2v) is 5.92. The summed E-state index contributed by atoms with van der Waals surface area (Å²) >= 11 is 1.66. The first-order valence-electron chi connectivity index (χ1n) is 6.65. The Labute approximate surface area is 122 Å². The van der Waals surface area contributed by atoms with Crippen LogP contribution in [-0.4, -0.2) is 16.6 Å². The maximum Gasteiger partial charge on any atom is 0.123 e. The fraction of sp³-hybridized carbons (Fsp3) is 0.400. The third-order valence-corrected chi connectivity index (χ3v) is 4.16. The van der Waals surface area contributed by atoms with Crippen molar-refractivity contribution in [2.45, 2.75) is 32.4 Å². The van der Waals surface area contributed by atoms with Crippen LogP contribution in [-0.2, 0) is 6.54 Å². The third-order valence-electron chi connectivity index (χ3n) is 2.96. The van der Waals surface area contributed by atoms with Crippen LogP contribution in [0.4, 0.5) is 4.39 Å². The normalized spacial score (nSPS) is 12.8. The number of benzene rings is 1. The number of nitrogens with one attached hydrogen (secondary N) is 1. The molecule has 1 atom stereocenters. The molecule has 0 bridgehead atoms. The van der Waals surface area contributed by atoms with E-state index in [9.17, 15) is 9.50 Å². The Balaban J connectivity index is 1.81. The summed E-state index contributed by atoms with van der Waals surface area (Å²) in [4.78, 5) is 4.52. The van der Waals surface area contributed by atoms with Gasteiger partial charge in [-0.1, -0.05) is 26.0 Å². The van der Waals surface area contributed by atoms with E-state index in [-0.39, 0.29) is 5.82 Å². The van der Waals surface area contributed by atoms with Crippen molar-refractivity contribution >= 4 is 11.3 Å². The van der Waals surface area contributed by atoms with Gasteiger partial charge >= 0.3 is 0 Å². The van der Waals surface area contributed by atoms with Crippen LogP contribution in [0.25, 0.3) is 0 Å². The summed E-state index contributed by atoms with van der Waals surface area (Å²) in [5.41, 5.74) is 1.70. The van der Waals surface area contributed by atoms with Crippen LogP contribution in [0.3, 0.4) is 0 Å². The topological polar surface area (TPSA) is 45.2 Å². The van der Waals surface area contributed by atoms with Crippen molar-refractivity contribution < 1.29 is 9.50 Å². The highest BCUT2D eigenvalue weighted by atomic mass is 32.1. The molecule has 2 aromatic rings. The molecule has 1 heterocycles. The zero-order valence-electron chi connectivity index (χ0n) is 11.6. The van der Waals surface area contributed by atoms with Gasteiger partial charge in [-0.25, -0.2) is 9.37 Å². The number of halogens is 1. The SMILES string of the molecule is CC(C)c1nc(CNCC(O)c2ccc(F)cc2)cs1. The van der Waals surface area contributed by atoms with E-state index in [4.69, 9.17) is 0 Å². The lowest BCUT2D eigenvalue weighted by Crippen LogP contribution is -2.21. The van der Waals surface area contributed by atoms with E-state index < -0.39 is 6.10 Å². The number of thiazole rings is 1. The summed E-state index contributed by atoms with van der Waals surface area (Å²) in [7, 11) is 0. The van der Waals surface area contributed by atoms with E-state index in [2.05, 4.69) is 24.1 Å². The van der Waals surface area contributed by atoms with Crippen molar-refractivity contribution in [3.63, 3.8) is 0 Å². The maximum atomic E-state index is 12.8. The number of rotatable bonds is 6. The molecule has 108 valence electrons. The molecule has 0 fully saturated rings. The summed E-state index contributed by atoms with van der Waals surface area (Å²) in [5, 5.41) is 16.3. The standard InChI is InChI=1S/C15H19FN2OS/c1-10(2)15-18-13(9-20-15)7-17-8-14(19)11-3-5-12(16)6-4-11/h3-6,9-10,14,17,19H,7-8H2,1-2H3. The molecular weight excluding hydrogens is 275 g/mol. The summed E-state index contributed by atoms with van der Waals surface area (Å²) in [5.74, 6) is 0.149. The minimum atomic E-state index is -0.640. The van der Waals surface area contributed by atoms with Gasteiger partial charge in [-0.2, -0.15) is 0 Å². The average molecular weight is 294 g/mol. The van der Waals surface area contributed by atoms with E-state index in [1.54, 1.807) is 23.5 Å². The zero-order valence-corrected chi connectivity index (χ0v) is 12.5. The number of hydrogen-bond donors (Lipinski definition) is 2. The second-order valence-electron chi connectivity index (χ2n) is 5.03. The number of hydrogen-bond acceptors (Lipinski definition) is 4. The van der Waals surface area contributed by atoms with Crippen LogP contribution in [0.2, 0.25) is 0 Å². The van der Waals surface area contributed by atoms with E-state index >= 15 is 0 Å². The van der Waals surface area contributed by atoms with Gasteiger partial charge in [0.15, 0.2) is 0 Å². The van der Waals surface area contributed by atoms with Crippen molar-refractivity contribution in [3.05, 3.63) is 51.7 Å². The van der Waals surface area contributed by atoms with Crippen molar-refractivity contribution in [1.29, 1.82) is 0 Å². The Bertz CT molecular complexity index is 539.